The third kappa shape index (κ3) is 4.84. The molecule has 1 aromatic rings. The molecule has 0 unspecified atom stereocenters. The van der Waals surface area contributed by atoms with E-state index < -0.39 is 0 Å². The van der Waals surface area contributed by atoms with Gasteiger partial charge in [0.2, 0.25) is 0 Å². The van der Waals surface area contributed by atoms with Crippen molar-refractivity contribution in [1.82, 2.24) is 10.7 Å². The average Bonchev–Trinajstić information content (AvgIpc) is 2.31. The zero-order chi connectivity index (χ0) is 12.7. The smallest absolute Gasteiger partial charge is 0.187 e. The molecule has 0 amide bonds. The highest BCUT2D eigenvalue weighted by Gasteiger charge is 1.97. The van der Waals surface area contributed by atoms with Crippen LogP contribution in [0.3, 0.4) is 0 Å². The number of nitrogens with one attached hydrogen (secondary N) is 2. The van der Waals surface area contributed by atoms with Gasteiger partial charge in [-0.05, 0) is 36.0 Å². The Morgan fingerprint density at radius 3 is 3.00 bits per heavy atom. The SMILES string of the molecule is C=CCNC(=S)N/N=C/c1ccc(O)c(Cl)c1. The van der Waals surface area contributed by atoms with Gasteiger partial charge in [0.1, 0.15) is 5.75 Å². The maximum absolute atomic E-state index is 9.22. The van der Waals surface area contributed by atoms with Gasteiger partial charge in [0.15, 0.2) is 5.11 Å². The molecule has 0 aromatic heterocycles. The summed E-state index contributed by atoms with van der Waals surface area (Å²) >= 11 is 10.7. The minimum absolute atomic E-state index is 0.0416. The molecule has 0 saturated heterocycles. The highest BCUT2D eigenvalue weighted by molar-refractivity contribution is 7.80. The summed E-state index contributed by atoms with van der Waals surface area (Å²) in [6.45, 7) is 4.13. The van der Waals surface area contributed by atoms with Crippen molar-refractivity contribution in [2.24, 2.45) is 5.10 Å². The Labute approximate surface area is 110 Å². The molecule has 1 rings (SSSR count). The first kappa shape index (κ1) is 13.5. The molecule has 90 valence electrons. The van der Waals surface area contributed by atoms with Gasteiger partial charge in [0.25, 0.3) is 0 Å². The molecule has 4 nitrogen and oxygen atoms in total. The molecule has 0 heterocycles. The normalized spacial score (nSPS) is 10.2. The summed E-state index contributed by atoms with van der Waals surface area (Å²) in [5.74, 6) is 0.0416. The summed E-state index contributed by atoms with van der Waals surface area (Å²) in [6, 6.07) is 4.78. The number of benzene rings is 1. The van der Waals surface area contributed by atoms with Crippen LogP contribution in [0.1, 0.15) is 5.56 Å². The molecule has 0 bridgehead atoms. The van der Waals surface area contributed by atoms with Crippen LogP contribution in [0, 0.1) is 0 Å². The lowest BCUT2D eigenvalue weighted by molar-refractivity contribution is 0.475. The van der Waals surface area contributed by atoms with Crippen molar-refractivity contribution in [3.63, 3.8) is 0 Å². The first-order valence-electron chi connectivity index (χ1n) is 4.80. The summed E-state index contributed by atoms with van der Waals surface area (Å²) in [7, 11) is 0. The van der Waals surface area contributed by atoms with Crippen molar-refractivity contribution in [2.45, 2.75) is 0 Å². The van der Waals surface area contributed by atoms with Gasteiger partial charge in [-0.2, -0.15) is 5.10 Å². The number of hydrazone groups is 1. The second-order valence-corrected chi connectivity index (χ2v) is 3.89. The summed E-state index contributed by atoms with van der Waals surface area (Å²) in [5, 5.41) is 16.7. The maximum atomic E-state index is 9.22. The molecule has 0 fully saturated rings. The van der Waals surface area contributed by atoms with E-state index in [0.29, 0.717) is 11.7 Å². The molecule has 0 aliphatic carbocycles. The quantitative estimate of drug-likeness (QED) is 0.339. The van der Waals surface area contributed by atoms with Crippen LogP contribution in [0.2, 0.25) is 5.02 Å². The maximum Gasteiger partial charge on any atom is 0.187 e. The van der Waals surface area contributed by atoms with Crippen LogP contribution < -0.4 is 10.7 Å². The highest BCUT2D eigenvalue weighted by atomic mass is 35.5. The highest BCUT2D eigenvalue weighted by Crippen LogP contribution is 2.22. The van der Waals surface area contributed by atoms with Crippen LogP contribution in [-0.2, 0) is 0 Å². The average molecular weight is 270 g/mol. The topological polar surface area (TPSA) is 56.7 Å². The Kier molecular flexibility index (Phi) is 5.45. The third-order valence-corrected chi connectivity index (χ3v) is 2.30. The number of rotatable bonds is 4. The summed E-state index contributed by atoms with van der Waals surface area (Å²) < 4.78 is 0. The van der Waals surface area contributed by atoms with E-state index in [9.17, 15) is 5.11 Å². The Bertz CT molecular complexity index is 448. The lowest BCUT2D eigenvalue weighted by Gasteiger charge is -2.03. The molecule has 17 heavy (non-hydrogen) atoms. The fourth-order valence-electron chi connectivity index (χ4n) is 0.973. The molecule has 0 aliphatic heterocycles. The van der Waals surface area contributed by atoms with Gasteiger partial charge in [0.05, 0.1) is 11.2 Å². The van der Waals surface area contributed by atoms with Crippen molar-refractivity contribution in [3.05, 3.63) is 41.4 Å². The summed E-state index contributed by atoms with van der Waals surface area (Å²) in [5.41, 5.74) is 3.39. The van der Waals surface area contributed by atoms with E-state index in [1.54, 1.807) is 24.4 Å². The first-order chi connectivity index (χ1) is 8.13. The van der Waals surface area contributed by atoms with Crippen molar-refractivity contribution in [1.29, 1.82) is 0 Å². The number of hydrogen-bond donors (Lipinski definition) is 3. The molecule has 0 aliphatic rings. The van der Waals surface area contributed by atoms with Crippen molar-refractivity contribution in [2.75, 3.05) is 6.54 Å². The van der Waals surface area contributed by atoms with E-state index in [-0.39, 0.29) is 10.8 Å². The van der Waals surface area contributed by atoms with E-state index in [4.69, 9.17) is 23.8 Å². The van der Waals surface area contributed by atoms with Crippen LogP contribution in [-0.4, -0.2) is 23.0 Å². The lowest BCUT2D eigenvalue weighted by atomic mass is 10.2. The minimum Gasteiger partial charge on any atom is -0.506 e. The van der Waals surface area contributed by atoms with E-state index in [2.05, 4.69) is 22.4 Å². The number of halogens is 1. The van der Waals surface area contributed by atoms with Gasteiger partial charge in [-0.1, -0.05) is 17.7 Å². The predicted molar refractivity (Wildman–Crippen MR) is 74.6 cm³/mol. The van der Waals surface area contributed by atoms with Crippen LogP contribution in [0.4, 0.5) is 0 Å². The predicted octanol–water partition coefficient (Wildman–Crippen LogP) is 2.03. The van der Waals surface area contributed by atoms with Gasteiger partial charge in [-0.15, -0.1) is 6.58 Å². The van der Waals surface area contributed by atoms with E-state index in [0.717, 1.165) is 5.56 Å². The fraction of sp³-hybridized carbons (Fsp3) is 0.0909. The third-order valence-electron chi connectivity index (χ3n) is 1.76. The number of phenolic OH excluding ortho intramolecular Hbond substituents is 1. The van der Waals surface area contributed by atoms with Gasteiger partial charge < -0.3 is 10.4 Å². The van der Waals surface area contributed by atoms with Gasteiger partial charge in [-0.25, -0.2) is 0 Å². The monoisotopic (exact) mass is 269 g/mol. The van der Waals surface area contributed by atoms with Gasteiger partial charge in [0, 0.05) is 6.54 Å². The van der Waals surface area contributed by atoms with Gasteiger partial charge >= 0.3 is 0 Å². The second kappa shape index (κ2) is 6.88. The lowest BCUT2D eigenvalue weighted by Crippen LogP contribution is -2.31. The Balaban J connectivity index is 2.50. The Morgan fingerprint density at radius 2 is 2.35 bits per heavy atom. The zero-order valence-electron chi connectivity index (χ0n) is 8.98. The van der Waals surface area contributed by atoms with E-state index >= 15 is 0 Å². The van der Waals surface area contributed by atoms with Crippen LogP contribution in [0.15, 0.2) is 36.0 Å². The molecule has 6 heteroatoms. The largest absolute Gasteiger partial charge is 0.506 e. The molecule has 0 atom stereocenters. The van der Waals surface area contributed by atoms with E-state index in [1.165, 1.54) is 6.07 Å². The number of phenols is 1. The Hall–Kier alpha value is -1.59. The number of thiocarbonyl (C=S) groups is 1. The summed E-state index contributed by atoms with van der Waals surface area (Å²) in [4.78, 5) is 0. The first-order valence-corrected chi connectivity index (χ1v) is 5.58. The Morgan fingerprint density at radius 1 is 1.59 bits per heavy atom. The second-order valence-electron chi connectivity index (χ2n) is 3.08. The van der Waals surface area contributed by atoms with Crippen molar-refractivity contribution in [3.8, 4) is 5.75 Å². The summed E-state index contributed by atoms with van der Waals surface area (Å²) in [6.07, 6.45) is 3.24. The molecule has 0 radical (unpaired) electrons. The van der Waals surface area contributed by atoms with Crippen LogP contribution in [0.5, 0.6) is 5.75 Å². The number of hydrogen-bond acceptors (Lipinski definition) is 3. The van der Waals surface area contributed by atoms with Crippen molar-refractivity contribution >= 4 is 35.1 Å². The van der Waals surface area contributed by atoms with Crippen molar-refractivity contribution < 1.29 is 5.11 Å². The van der Waals surface area contributed by atoms with Gasteiger partial charge in [-0.3, -0.25) is 5.43 Å². The fourth-order valence-corrected chi connectivity index (χ4v) is 1.30. The van der Waals surface area contributed by atoms with Crippen LogP contribution >= 0.6 is 23.8 Å². The molecule has 0 saturated carbocycles. The molecular formula is C11H12ClN3OS. The van der Waals surface area contributed by atoms with Crippen LogP contribution in [0.25, 0.3) is 0 Å². The molecular weight excluding hydrogens is 258 g/mol. The zero-order valence-corrected chi connectivity index (χ0v) is 10.6. The number of nitrogens with zero attached hydrogens (tertiary/aromatic N) is 1. The standard InChI is InChI=1S/C11H12ClN3OS/c1-2-5-13-11(17)15-14-7-8-3-4-10(16)9(12)6-8/h2-4,6-7,16H,1,5H2,(H2,13,15,17)/b14-7+. The number of aromatic hydroxyl groups is 1. The minimum atomic E-state index is 0.0416. The molecule has 1 aromatic carbocycles. The molecule has 0 spiro atoms. The van der Waals surface area contributed by atoms with E-state index in [1.807, 2.05) is 0 Å². The molecule has 3 N–H and O–H groups in total.